The van der Waals surface area contributed by atoms with Crippen LogP contribution >= 0.6 is 34.5 Å². The molecule has 0 bridgehead atoms. The number of carbonyl (C=O) groups excluding carboxylic acids is 1. The van der Waals surface area contributed by atoms with Crippen molar-refractivity contribution in [3.63, 3.8) is 0 Å². The summed E-state index contributed by atoms with van der Waals surface area (Å²) >= 11 is 13.4. The normalized spacial score (nSPS) is 10.6. The molecule has 0 spiro atoms. The predicted octanol–water partition coefficient (Wildman–Crippen LogP) is 7.25. The van der Waals surface area contributed by atoms with Gasteiger partial charge in [-0.1, -0.05) is 35.3 Å². The van der Waals surface area contributed by atoms with Crippen LogP contribution in [0.25, 0.3) is 11.3 Å². The van der Waals surface area contributed by atoms with E-state index in [4.69, 9.17) is 23.2 Å². The van der Waals surface area contributed by atoms with Crippen molar-refractivity contribution < 1.29 is 9.18 Å². The van der Waals surface area contributed by atoms with Gasteiger partial charge in [-0.15, -0.1) is 11.3 Å². The molecular weight excluding hydrogens is 444 g/mol. The summed E-state index contributed by atoms with van der Waals surface area (Å²) in [6.45, 7) is 0. The van der Waals surface area contributed by atoms with E-state index in [9.17, 15) is 9.18 Å². The number of thiazole rings is 1. The predicted molar refractivity (Wildman–Crippen MR) is 122 cm³/mol. The Labute approximate surface area is 186 Å². The Hall–Kier alpha value is -2.93. The minimum Gasteiger partial charge on any atom is -0.332 e. The molecule has 4 nitrogen and oxygen atoms in total. The van der Waals surface area contributed by atoms with Crippen LogP contribution in [0.2, 0.25) is 10.0 Å². The second-order valence-corrected chi connectivity index (χ2v) is 8.03. The van der Waals surface area contributed by atoms with Gasteiger partial charge in [-0.05, 0) is 54.6 Å². The summed E-state index contributed by atoms with van der Waals surface area (Å²) in [7, 11) is 0. The lowest BCUT2D eigenvalue weighted by Crippen LogP contribution is -2.12. The van der Waals surface area contributed by atoms with E-state index in [0.717, 1.165) is 16.9 Å². The van der Waals surface area contributed by atoms with Crippen LogP contribution in [0.1, 0.15) is 10.4 Å². The molecule has 0 aliphatic carbocycles. The molecule has 0 saturated carbocycles. The van der Waals surface area contributed by atoms with Crippen molar-refractivity contribution in [2.75, 3.05) is 10.6 Å². The number of nitrogens with zero attached hydrogens (tertiary/aromatic N) is 1. The first-order valence-electron chi connectivity index (χ1n) is 8.83. The van der Waals surface area contributed by atoms with Gasteiger partial charge in [0, 0.05) is 27.3 Å². The molecular formula is C22H14Cl2FN3OS. The van der Waals surface area contributed by atoms with E-state index in [1.807, 2.05) is 17.5 Å². The number of carbonyl (C=O) groups is 1. The van der Waals surface area contributed by atoms with Crippen LogP contribution in [0.4, 0.5) is 20.9 Å². The molecule has 0 fully saturated rings. The highest BCUT2D eigenvalue weighted by atomic mass is 35.5. The molecule has 4 rings (SSSR count). The Morgan fingerprint density at radius 1 is 0.933 bits per heavy atom. The third-order valence-corrected chi connectivity index (χ3v) is 5.52. The van der Waals surface area contributed by atoms with Gasteiger partial charge < -0.3 is 10.6 Å². The lowest BCUT2D eigenvalue weighted by Gasteiger charge is -2.08. The van der Waals surface area contributed by atoms with E-state index in [2.05, 4.69) is 15.6 Å². The average Bonchev–Trinajstić information content (AvgIpc) is 3.18. The summed E-state index contributed by atoms with van der Waals surface area (Å²) in [6, 6.07) is 18.1. The fraction of sp³-hybridized carbons (Fsp3) is 0. The number of anilines is 3. The maximum absolute atomic E-state index is 13.0. The molecule has 3 aromatic carbocycles. The van der Waals surface area contributed by atoms with Crippen LogP contribution in [0.5, 0.6) is 0 Å². The first-order valence-corrected chi connectivity index (χ1v) is 10.5. The number of hydrogen-bond donors (Lipinski definition) is 2. The fourth-order valence-electron chi connectivity index (χ4n) is 2.72. The van der Waals surface area contributed by atoms with Crippen molar-refractivity contribution in [1.29, 1.82) is 0 Å². The molecule has 0 radical (unpaired) electrons. The van der Waals surface area contributed by atoms with Gasteiger partial charge in [0.05, 0.1) is 16.3 Å². The summed E-state index contributed by atoms with van der Waals surface area (Å²) in [6.07, 6.45) is 0. The summed E-state index contributed by atoms with van der Waals surface area (Å²) in [5.41, 5.74) is 3.44. The second-order valence-electron chi connectivity index (χ2n) is 6.33. The van der Waals surface area contributed by atoms with Crippen molar-refractivity contribution in [2.24, 2.45) is 0 Å². The van der Waals surface area contributed by atoms with E-state index >= 15 is 0 Å². The molecule has 0 aliphatic rings. The van der Waals surface area contributed by atoms with Crippen molar-refractivity contribution >= 4 is 57.0 Å². The molecule has 1 amide bonds. The molecule has 150 valence electrons. The van der Waals surface area contributed by atoms with Crippen LogP contribution in [0.3, 0.4) is 0 Å². The van der Waals surface area contributed by atoms with E-state index < -0.39 is 0 Å². The Bertz CT molecular complexity index is 1190. The van der Waals surface area contributed by atoms with Crippen LogP contribution in [-0.2, 0) is 0 Å². The van der Waals surface area contributed by atoms with Crippen molar-refractivity contribution in [2.45, 2.75) is 0 Å². The zero-order valence-electron chi connectivity index (χ0n) is 15.3. The molecule has 1 heterocycles. The molecule has 2 N–H and O–H groups in total. The third kappa shape index (κ3) is 4.79. The Balaban J connectivity index is 1.44. The zero-order chi connectivity index (χ0) is 21.1. The number of rotatable bonds is 5. The molecule has 8 heteroatoms. The van der Waals surface area contributed by atoms with Crippen LogP contribution in [0.15, 0.2) is 72.1 Å². The largest absolute Gasteiger partial charge is 0.332 e. The fourth-order valence-corrected chi connectivity index (χ4v) is 3.95. The summed E-state index contributed by atoms with van der Waals surface area (Å²) in [4.78, 5) is 17.0. The van der Waals surface area contributed by atoms with Gasteiger partial charge in [-0.25, -0.2) is 9.37 Å². The highest BCUT2D eigenvalue weighted by molar-refractivity contribution is 7.14. The third-order valence-electron chi connectivity index (χ3n) is 4.21. The second kappa shape index (κ2) is 8.83. The average molecular weight is 458 g/mol. The highest BCUT2D eigenvalue weighted by Gasteiger charge is 2.11. The minimum absolute atomic E-state index is 0.286. The molecule has 30 heavy (non-hydrogen) atoms. The number of halogens is 3. The number of aromatic nitrogens is 1. The summed E-state index contributed by atoms with van der Waals surface area (Å²) < 4.78 is 13.0. The van der Waals surface area contributed by atoms with Gasteiger partial charge in [0.25, 0.3) is 5.91 Å². The SMILES string of the molecule is O=C(Nc1ccc(-c2csc(Nc3ccc(F)cc3)n2)cc1)c1ccc(Cl)cc1Cl. The van der Waals surface area contributed by atoms with E-state index in [0.29, 0.717) is 26.4 Å². The summed E-state index contributed by atoms with van der Waals surface area (Å²) in [5, 5.41) is 9.35. The maximum atomic E-state index is 13.0. The van der Waals surface area contributed by atoms with Gasteiger partial charge in [-0.3, -0.25) is 4.79 Å². The van der Waals surface area contributed by atoms with Crippen molar-refractivity contribution in [3.05, 3.63) is 93.5 Å². The van der Waals surface area contributed by atoms with Gasteiger partial charge in [-0.2, -0.15) is 0 Å². The number of nitrogens with one attached hydrogen (secondary N) is 2. The molecule has 0 unspecified atom stereocenters. The highest BCUT2D eigenvalue weighted by Crippen LogP contribution is 2.28. The van der Waals surface area contributed by atoms with Gasteiger partial charge in [0.2, 0.25) is 0 Å². The number of benzene rings is 3. The number of hydrogen-bond acceptors (Lipinski definition) is 4. The molecule has 4 aromatic rings. The first kappa shape index (κ1) is 20.3. The summed E-state index contributed by atoms with van der Waals surface area (Å²) in [5.74, 6) is -0.602. The van der Waals surface area contributed by atoms with Crippen LogP contribution in [0, 0.1) is 5.82 Å². The van der Waals surface area contributed by atoms with Gasteiger partial charge in [0.15, 0.2) is 5.13 Å². The first-order chi connectivity index (χ1) is 14.5. The molecule has 0 atom stereocenters. The standard InChI is InChI=1S/C22H14Cl2FN3OS/c23-14-3-10-18(19(24)11-14)21(29)26-16-6-1-13(2-7-16)20-12-30-22(28-20)27-17-8-4-15(25)5-9-17/h1-12H,(H,26,29)(H,27,28). The quantitative estimate of drug-likeness (QED) is 0.331. The topological polar surface area (TPSA) is 54.0 Å². The van der Waals surface area contributed by atoms with E-state index in [1.54, 1.807) is 36.4 Å². The van der Waals surface area contributed by atoms with E-state index in [-0.39, 0.29) is 11.7 Å². The smallest absolute Gasteiger partial charge is 0.257 e. The van der Waals surface area contributed by atoms with Gasteiger partial charge >= 0.3 is 0 Å². The monoisotopic (exact) mass is 457 g/mol. The lowest BCUT2D eigenvalue weighted by atomic mass is 10.1. The maximum Gasteiger partial charge on any atom is 0.257 e. The zero-order valence-corrected chi connectivity index (χ0v) is 17.7. The Kier molecular flexibility index (Phi) is 5.99. The lowest BCUT2D eigenvalue weighted by molar-refractivity contribution is 0.102. The van der Waals surface area contributed by atoms with Gasteiger partial charge in [0.1, 0.15) is 5.82 Å². The van der Waals surface area contributed by atoms with Crippen molar-refractivity contribution in [1.82, 2.24) is 4.98 Å². The molecule has 0 saturated heterocycles. The van der Waals surface area contributed by atoms with Crippen molar-refractivity contribution in [3.8, 4) is 11.3 Å². The Morgan fingerprint density at radius 2 is 1.63 bits per heavy atom. The minimum atomic E-state index is -0.316. The van der Waals surface area contributed by atoms with Crippen LogP contribution < -0.4 is 10.6 Å². The molecule has 1 aromatic heterocycles. The number of amides is 1. The Morgan fingerprint density at radius 3 is 2.33 bits per heavy atom. The molecule has 0 aliphatic heterocycles. The van der Waals surface area contributed by atoms with Crippen LogP contribution in [-0.4, -0.2) is 10.9 Å². The van der Waals surface area contributed by atoms with E-state index in [1.165, 1.54) is 29.5 Å².